The number of nitrogens with zero attached hydrogens (tertiary/aromatic N) is 3. The van der Waals surface area contributed by atoms with E-state index in [1.807, 2.05) is 6.92 Å². The Bertz CT molecular complexity index is 559. The molecule has 0 aliphatic heterocycles. The number of aryl methyl sites for hydroxylation is 1. The fourth-order valence-corrected chi connectivity index (χ4v) is 1.96. The molecule has 2 aromatic heterocycles. The van der Waals surface area contributed by atoms with Crippen molar-refractivity contribution in [1.29, 1.82) is 0 Å². The smallest absolute Gasteiger partial charge is 0.182 e. The maximum Gasteiger partial charge on any atom is 0.182 e. The summed E-state index contributed by atoms with van der Waals surface area (Å²) in [5.41, 5.74) is 1.42. The van der Waals surface area contributed by atoms with E-state index in [0.29, 0.717) is 22.4 Å². The van der Waals surface area contributed by atoms with E-state index < -0.39 is 0 Å². The molecule has 0 atom stereocenters. The van der Waals surface area contributed by atoms with Gasteiger partial charge >= 0.3 is 0 Å². The zero-order valence-electron chi connectivity index (χ0n) is 9.33. The molecule has 0 amide bonds. The van der Waals surface area contributed by atoms with Crippen LogP contribution < -0.4 is 5.32 Å². The Morgan fingerprint density at radius 1 is 1.35 bits per heavy atom. The van der Waals surface area contributed by atoms with Crippen LogP contribution in [0.25, 0.3) is 11.5 Å². The summed E-state index contributed by atoms with van der Waals surface area (Å²) in [5, 5.41) is 3.54. The van der Waals surface area contributed by atoms with Crippen molar-refractivity contribution in [1.82, 2.24) is 15.0 Å². The van der Waals surface area contributed by atoms with Gasteiger partial charge in [-0.25, -0.2) is 9.97 Å². The molecule has 0 radical (unpaired) electrons. The van der Waals surface area contributed by atoms with Crippen LogP contribution in [-0.4, -0.2) is 22.0 Å². The Morgan fingerprint density at radius 3 is 2.76 bits per heavy atom. The third kappa shape index (κ3) is 2.40. The highest BCUT2D eigenvalue weighted by atomic mass is 79.9. The molecule has 0 aromatic carbocycles. The Labute approximate surface area is 113 Å². The van der Waals surface area contributed by atoms with Crippen molar-refractivity contribution in [2.45, 2.75) is 6.92 Å². The number of rotatable bonds is 2. The minimum absolute atomic E-state index is 0.514. The second-order valence-corrected chi connectivity index (χ2v) is 4.58. The lowest BCUT2D eigenvalue weighted by atomic mass is 10.3. The van der Waals surface area contributed by atoms with Crippen LogP contribution in [0.2, 0.25) is 5.02 Å². The molecule has 17 heavy (non-hydrogen) atoms. The van der Waals surface area contributed by atoms with Gasteiger partial charge in [0.2, 0.25) is 0 Å². The molecule has 2 heterocycles. The van der Waals surface area contributed by atoms with Crippen LogP contribution in [0.5, 0.6) is 0 Å². The van der Waals surface area contributed by atoms with Gasteiger partial charge in [-0.05, 0) is 35.0 Å². The summed E-state index contributed by atoms with van der Waals surface area (Å²) in [6, 6.07) is 3.54. The summed E-state index contributed by atoms with van der Waals surface area (Å²) in [5.74, 6) is 1.23. The summed E-state index contributed by atoms with van der Waals surface area (Å²) in [6.45, 7) is 1.90. The fraction of sp³-hybridized carbons (Fsp3) is 0.182. The number of hydrogen-bond donors (Lipinski definition) is 1. The van der Waals surface area contributed by atoms with Crippen molar-refractivity contribution in [3.8, 4) is 11.5 Å². The van der Waals surface area contributed by atoms with E-state index in [2.05, 4.69) is 36.2 Å². The predicted molar refractivity (Wildman–Crippen MR) is 72.3 cm³/mol. The molecule has 0 spiro atoms. The second kappa shape index (κ2) is 4.98. The molecule has 0 fully saturated rings. The van der Waals surface area contributed by atoms with E-state index in [1.165, 1.54) is 0 Å². The monoisotopic (exact) mass is 312 g/mol. The van der Waals surface area contributed by atoms with Gasteiger partial charge in [0.15, 0.2) is 5.82 Å². The third-order valence-corrected chi connectivity index (χ3v) is 3.48. The van der Waals surface area contributed by atoms with Gasteiger partial charge in [0.05, 0.1) is 15.2 Å². The molecule has 0 unspecified atom stereocenters. The van der Waals surface area contributed by atoms with E-state index >= 15 is 0 Å². The maximum absolute atomic E-state index is 6.07. The van der Waals surface area contributed by atoms with E-state index in [4.69, 9.17) is 11.6 Å². The van der Waals surface area contributed by atoms with Gasteiger partial charge in [0.25, 0.3) is 0 Å². The highest BCUT2D eigenvalue weighted by Gasteiger charge is 2.12. The Morgan fingerprint density at radius 2 is 2.12 bits per heavy atom. The quantitative estimate of drug-likeness (QED) is 0.924. The van der Waals surface area contributed by atoms with Gasteiger partial charge in [0, 0.05) is 13.2 Å². The van der Waals surface area contributed by atoms with Crippen molar-refractivity contribution in [3.63, 3.8) is 0 Å². The van der Waals surface area contributed by atoms with Crippen LogP contribution in [0.1, 0.15) is 5.69 Å². The lowest BCUT2D eigenvalue weighted by Crippen LogP contribution is -2.01. The molecule has 0 aliphatic carbocycles. The van der Waals surface area contributed by atoms with Crippen molar-refractivity contribution in [2.75, 3.05) is 12.4 Å². The maximum atomic E-state index is 6.07. The molecule has 2 aromatic rings. The first-order valence-electron chi connectivity index (χ1n) is 4.96. The standard InChI is InChI=1S/C11H10BrClN4/c1-6-8(12)10(14-2)17-11(16-6)9-7(13)4-3-5-15-9/h3-5H,1-2H3,(H,14,16,17). The van der Waals surface area contributed by atoms with Crippen molar-refractivity contribution >= 4 is 33.3 Å². The minimum atomic E-state index is 0.514. The van der Waals surface area contributed by atoms with E-state index in [-0.39, 0.29) is 0 Å². The fourth-order valence-electron chi connectivity index (χ4n) is 1.38. The van der Waals surface area contributed by atoms with Gasteiger partial charge in [-0.2, -0.15) is 0 Å². The highest BCUT2D eigenvalue weighted by molar-refractivity contribution is 9.10. The van der Waals surface area contributed by atoms with Crippen LogP contribution in [0.4, 0.5) is 5.82 Å². The summed E-state index contributed by atoms with van der Waals surface area (Å²) in [6.07, 6.45) is 1.67. The molecule has 6 heteroatoms. The molecular formula is C11H10BrClN4. The predicted octanol–water partition coefficient (Wildman–Crippen LogP) is 3.30. The minimum Gasteiger partial charge on any atom is -0.372 e. The Hall–Kier alpha value is -1.20. The molecule has 1 N–H and O–H groups in total. The summed E-state index contributed by atoms with van der Waals surface area (Å²) in [4.78, 5) is 12.9. The highest BCUT2D eigenvalue weighted by Crippen LogP contribution is 2.28. The SMILES string of the molecule is CNc1nc(-c2ncccc2Cl)nc(C)c1Br. The van der Waals surface area contributed by atoms with Crippen LogP contribution in [0.15, 0.2) is 22.8 Å². The molecule has 2 rings (SSSR count). The third-order valence-electron chi connectivity index (χ3n) is 2.22. The molecule has 0 aliphatic rings. The number of pyridine rings is 1. The van der Waals surface area contributed by atoms with Gasteiger partial charge in [-0.3, -0.25) is 4.98 Å². The van der Waals surface area contributed by atoms with Crippen molar-refractivity contribution in [3.05, 3.63) is 33.5 Å². The van der Waals surface area contributed by atoms with Crippen LogP contribution in [0, 0.1) is 6.92 Å². The van der Waals surface area contributed by atoms with Crippen LogP contribution in [-0.2, 0) is 0 Å². The van der Waals surface area contributed by atoms with E-state index in [9.17, 15) is 0 Å². The van der Waals surface area contributed by atoms with Gasteiger partial charge in [-0.15, -0.1) is 0 Å². The van der Waals surface area contributed by atoms with Crippen molar-refractivity contribution in [2.24, 2.45) is 0 Å². The number of halogens is 2. The first kappa shape index (κ1) is 12.3. The van der Waals surface area contributed by atoms with E-state index in [1.54, 1.807) is 25.4 Å². The summed E-state index contributed by atoms with van der Waals surface area (Å²) in [7, 11) is 1.80. The van der Waals surface area contributed by atoms with Gasteiger partial charge < -0.3 is 5.32 Å². The molecule has 88 valence electrons. The molecule has 4 nitrogen and oxygen atoms in total. The Kier molecular flexibility index (Phi) is 3.59. The van der Waals surface area contributed by atoms with Crippen molar-refractivity contribution < 1.29 is 0 Å². The zero-order valence-corrected chi connectivity index (χ0v) is 11.7. The number of hydrogen-bond acceptors (Lipinski definition) is 4. The average Bonchev–Trinajstić information content (AvgIpc) is 2.33. The number of aromatic nitrogens is 3. The topological polar surface area (TPSA) is 50.7 Å². The first-order chi connectivity index (χ1) is 8.13. The molecular weight excluding hydrogens is 304 g/mol. The van der Waals surface area contributed by atoms with E-state index in [0.717, 1.165) is 10.2 Å². The van der Waals surface area contributed by atoms with Gasteiger partial charge in [0.1, 0.15) is 11.5 Å². The summed E-state index contributed by atoms with van der Waals surface area (Å²) >= 11 is 9.50. The Balaban J connectivity index is 2.61. The van der Waals surface area contributed by atoms with Gasteiger partial charge in [-0.1, -0.05) is 11.6 Å². The number of anilines is 1. The van der Waals surface area contributed by atoms with Crippen LogP contribution >= 0.6 is 27.5 Å². The second-order valence-electron chi connectivity index (χ2n) is 3.38. The summed E-state index contributed by atoms with van der Waals surface area (Å²) < 4.78 is 0.843. The zero-order chi connectivity index (χ0) is 12.4. The molecule has 0 bridgehead atoms. The lowest BCUT2D eigenvalue weighted by molar-refractivity contribution is 1.07. The first-order valence-corrected chi connectivity index (χ1v) is 6.13. The molecule has 0 saturated heterocycles. The molecule has 0 saturated carbocycles. The largest absolute Gasteiger partial charge is 0.372 e. The lowest BCUT2D eigenvalue weighted by Gasteiger charge is -2.08. The average molecular weight is 314 g/mol. The number of nitrogens with one attached hydrogen (secondary N) is 1. The normalized spacial score (nSPS) is 10.4. The van der Waals surface area contributed by atoms with Crippen LogP contribution in [0.3, 0.4) is 0 Å².